The minimum Gasteiger partial charge on any atom is -0.429 e. The van der Waals surface area contributed by atoms with Crippen molar-refractivity contribution in [3.05, 3.63) is 56.4 Å². The summed E-state index contributed by atoms with van der Waals surface area (Å²) in [5.74, 6) is 0.490. The van der Waals surface area contributed by atoms with Crippen LogP contribution < -0.4 is 0 Å². The molecule has 0 aromatic rings. The summed E-state index contributed by atoms with van der Waals surface area (Å²) in [6.45, 7) is 21.7. The van der Waals surface area contributed by atoms with Gasteiger partial charge in [0, 0.05) is 6.66 Å². The largest absolute Gasteiger partial charge is 0.429 e. The molecular weight excluding hydrogens is 331 g/mol. The predicted octanol–water partition coefficient (Wildman–Crippen LogP) is 7.09. The lowest BCUT2D eigenvalue weighted by atomic mass is 9.90. The fourth-order valence-electron chi connectivity index (χ4n) is 2.51. The van der Waals surface area contributed by atoms with E-state index in [1.54, 1.807) is 6.92 Å². The first-order valence-corrected chi connectivity index (χ1v) is 10.6. The smallest absolute Gasteiger partial charge is 0.373 e. The Labute approximate surface area is 154 Å². The van der Waals surface area contributed by atoms with Crippen molar-refractivity contribution in [3.63, 3.8) is 0 Å². The zero-order valence-electron chi connectivity index (χ0n) is 17.8. The van der Waals surface area contributed by atoms with Crippen LogP contribution in [0.4, 0.5) is 0 Å². The van der Waals surface area contributed by atoms with Crippen molar-refractivity contribution < 1.29 is 14.0 Å². The molecule has 0 radical (unpaired) electrons. The van der Waals surface area contributed by atoms with Crippen LogP contribution in [0.3, 0.4) is 0 Å². The second-order valence-corrected chi connectivity index (χ2v) is 8.59. The van der Waals surface area contributed by atoms with E-state index in [2.05, 4.69) is 54.5 Å². The van der Waals surface area contributed by atoms with Crippen LogP contribution >= 0.6 is 7.60 Å². The van der Waals surface area contributed by atoms with Crippen molar-refractivity contribution >= 4 is 7.60 Å². The second-order valence-electron chi connectivity index (χ2n) is 6.80. The third-order valence-corrected chi connectivity index (χ3v) is 5.85. The standard InChI is InChI=1S/C21H35O3P/c1-12-13(2)14(3)15(4)16(5)17(6)18(7)19(8)20(9)21(10)24-25(11,22)23/h12H,1-11H3,(H,22,23)/b13-12+,15-14-,17-16-,19-18+,21-20+. The Morgan fingerprint density at radius 1 is 0.720 bits per heavy atom. The van der Waals surface area contributed by atoms with Crippen molar-refractivity contribution in [1.29, 1.82) is 0 Å². The monoisotopic (exact) mass is 366 g/mol. The van der Waals surface area contributed by atoms with Crippen LogP contribution in [-0.4, -0.2) is 11.6 Å². The van der Waals surface area contributed by atoms with E-state index in [0.29, 0.717) is 5.76 Å². The Hall–Kier alpha value is -1.31. The Kier molecular flexibility index (Phi) is 8.91. The predicted molar refractivity (Wildman–Crippen MR) is 110 cm³/mol. The molecule has 25 heavy (non-hydrogen) atoms. The molecule has 0 rings (SSSR count). The summed E-state index contributed by atoms with van der Waals surface area (Å²) < 4.78 is 16.6. The fourth-order valence-corrected chi connectivity index (χ4v) is 3.15. The summed E-state index contributed by atoms with van der Waals surface area (Å²) >= 11 is 0. The normalized spacial score (nSPS) is 19.3. The van der Waals surface area contributed by atoms with E-state index in [1.807, 2.05) is 13.8 Å². The Morgan fingerprint density at radius 2 is 1.04 bits per heavy atom. The zero-order valence-corrected chi connectivity index (χ0v) is 18.7. The first kappa shape index (κ1) is 23.7. The first-order valence-electron chi connectivity index (χ1n) is 8.58. The molecule has 0 saturated carbocycles. The first-order chi connectivity index (χ1) is 11.2. The Morgan fingerprint density at radius 3 is 1.36 bits per heavy atom. The van der Waals surface area contributed by atoms with Crippen LogP contribution in [0.2, 0.25) is 0 Å². The molecule has 1 atom stereocenters. The highest BCUT2D eigenvalue weighted by Gasteiger charge is 2.15. The molecule has 0 aliphatic heterocycles. The number of hydrogen-bond donors (Lipinski definition) is 1. The van der Waals surface area contributed by atoms with Gasteiger partial charge in [0.1, 0.15) is 5.76 Å². The minimum absolute atomic E-state index is 0.490. The molecule has 0 aliphatic rings. The van der Waals surface area contributed by atoms with E-state index in [4.69, 9.17) is 4.52 Å². The van der Waals surface area contributed by atoms with Gasteiger partial charge in [0.2, 0.25) is 0 Å². The number of rotatable bonds is 6. The quantitative estimate of drug-likeness (QED) is 0.310. The maximum Gasteiger partial charge on any atom is 0.373 e. The van der Waals surface area contributed by atoms with Gasteiger partial charge in [-0.2, -0.15) is 0 Å². The molecule has 142 valence electrons. The third-order valence-electron chi connectivity index (χ3n) is 5.23. The summed E-state index contributed by atoms with van der Waals surface area (Å²) in [5.41, 5.74) is 9.45. The van der Waals surface area contributed by atoms with Crippen LogP contribution in [0.15, 0.2) is 56.4 Å². The van der Waals surface area contributed by atoms with Gasteiger partial charge in [0.05, 0.1) is 0 Å². The minimum atomic E-state index is -3.54. The van der Waals surface area contributed by atoms with Gasteiger partial charge in [-0.1, -0.05) is 11.6 Å². The van der Waals surface area contributed by atoms with E-state index in [1.165, 1.54) is 34.5 Å². The van der Waals surface area contributed by atoms with Gasteiger partial charge in [0.15, 0.2) is 0 Å². The molecule has 3 nitrogen and oxygen atoms in total. The molecule has 1 unspecified atom stereocenters. The van der Waals surface area contributed by atoms with E-state index < -0.39 is 7.60 Å². The molecule has 0 bridgehead atoms. The van der Waals surface area contributed by atoms with Crippen LogP contribution in [0, 0.1) is 0 Å². The van der Waals surface area contributed by atoms with E-state index in [-0.39, 0.29) is 0 Å². The van der Waals surface area contributed by atoms with Gasteiger partial charge in [-0.3, -0.25) is 0 Å². The van der Waals surface area contributed by atoms with E-state index in [0.717, 1.165) is 16.7 Å². The summed E-state index contributed by atoms with van der Waals surface area (Å²) in [6.07, 6.45) is 2.13. The topological polar surface area (TPSA) is 46.5 Å². The van der Waals surface area contributed by atoms with Crippen molar-refractivity contribution in [2.75, 3.05) is 6.66 Å². The van der Waals surface area contributed by atoms with E-state index >= 15 is 0 Å². The lowest BCUT2D eigenvalue weighted by Gasteiger charge is -2.17. The maximum absolute atomic E-state index is 11.5. The fraction of sp³-hybridized carbons (Fsp3) is 0.524. The van der Waals surface area contributed by atoms with Crippen molar-refractivity contribution in [2.24, 2.45) is 0 Å². The van der Waals surface area contributed by atoms with Crippen LogP contribution in [0.25, 0.3) is 0 Å². The average Bonchev–Trinajstić information content (AvgIpc) is 2.54. The average molecular weight is 366 g/mol. The number of hydrogen-bond acceptors (Lipinski definition) is 2. The SMILES string of the molecule is C/C=C(C)/C(C)=C(C)\C(C)=C(C)/C(C)=C(C)/C(C)=C(\C)OP(C)(=O)O. The highest BCUT2D eigenvalue weighted by molar-refractivity contribution is 7.52. The lowest BCUT2D eigenvalue weighted by molar-refractivity contribution is 0.329. The lowest BCUT2D eigenvalue weighted by Crippen LogP contribution is -1.98. The van der Waals surface area contributed by atoms with Crippen molar-refractivity contribution in [2.45, 2.75) is 69.2 Å². The zero-order chi connectivity index (χ0) is 20.1. The summed E-state index contributed by atoms with van der Waals surface area (Å²) in [4.78, 5) is 9.43. The molecule has 4 heteroatoms. The molecule has 0 amide bonds. The highest BCUT2D eigenvalue weighted by atomic mass is 31.2. The number of allylic oxidation sites excluding steroid dienone is 10. The molecule has 0 aromatic carbocycles. The van der Waals surface area contributed by atoms with Gasteiger partial charge < -0.3 is 9.42 Å². The second kappa shape index (κ2) is 9.40. The molecule has 0 spiro atoms. The molecule has 0 aromatic heterocycles. The van der Waals surface area contributed by atoms with Crippen LogP contribution in [-0.2, 0) is 9.09 Å². The molecule has 0 saturated heterocycles. The summed E-state index contributed by atoms with van der Waals surface area (Å²) in [5, 5.41) is 0. The maximum atomic E-state index is 11.5. The molecule has 0 heterocycles. The molecule has 0 fully saturated rings. The van der Waals surface area contributed by atoms with Gasteiger partial charge >= 0.3 is 7.60 Å². The molecule has 1 N–H and O–H groups in total. The third kappa shape index (κ3) is 6.84. The van der Waals surface area contributed by atoms with Gasteiger partial charge in [-0.25, -0.2) is 4.57 Å². The van der Waals surface area contributed by atoms with Gasteiger partial charge in [0.25, 0.3) is 0 Å². The summed E-state index contributed by atoms with van der Waals surface area (Å²) in [6, 6.07) is 0. The highest BCUT2D eigenvalue weighted by Crippen LogP contribution is 2.41. The Bertz CT molecular complexity index is 722. The van der Waals surface area contributed by atoms with Crippen molar-refractivity contribution in [3.8, 4) is 0 Å². The molecular formula is C21H35O3P. The van der Waals surface area contributed by atoms with Gasteiger partial charge in [-0.05, 0) is 108 Å². The van der Waals surface area contributed by atoms with E-state index in [9.17, 15) is 9.46 Å². The van der Waals surface area contributed by atoms with Crippen LogP contribution in [0.1, 0.15) is 69.2 Å². The van der Waals surface area contributed by atoms with Gasteiger partial charge in [-0.15, -0.1) is 0 Å². The summed E-state index contributed by atoms with van der Waals surface area (Å²) in [7, 11) is -3.54. The Balaban J connectivity index is 6.15. The van der Waals surface area contributed by atoms with Crippen LogP contribution in [0.5, 0.6) is 0 Å². The van der Waals surface area contributed by atoms with Crippen molar-refractivity contribution in [1.82, 2.24) is 0 Å². The molecule has 0 aliphatic carbocycles.